The van der Waals surface area contributed by atoms with E-state index in [0.717, 1.165) is 29.7 Å². The number of likely N-dealkylation sites (tertiary alicyclic amines) is 1. The van der Waals surface area contributed by atoms with Gasteiger partial charge in [0.2, 0.25) is 0 Å². The van der Waals surface area contributed by atoms with E-state index < -0.39 is 11.6 Å². The topological polar surface area (TPSA) is 50.2 Å². The Kier molecular flexibility index (Phi) is 4.38. The van der Waals surface area contributed by atoms with Gasteiger partial charge in [-0.05, 0) is 38.1 Å². The average molecular weight is 320 g/mol. The molecule has 1 amide bonds. The number of benzene rings is 1. The lowest BCUT2D eigenvalue weighted by Crippen LogP contribution is -2.47. The Morgan fingerprint density at radius 2 is 2.04 bits per heavy atom. The number of halogens is 2. The molecule has 1 aliphatic rings. The maximum absolute atomic E-state index is 13.8. The van der Waals surface area contributed by atoms with Crippen LogP contribution < -0.4 is 5.32 Å². The number of likely N-dealkylation sites (N-methyl/N-ethyl adjacent to an activating group) is 1. The van der Waals surface area contributed by atoms with E-state index >= 15 is 0 Å². The zero-order valence-corrected chi connectivity index (χ0v) is 12.8. The lowest BCUT2D eigenvalue weighted by molar-refractivity contribution is 0.0691. The Bertz CT molecular complexity index is 696. The molecule has 1 saturated heterocycles. The van der Waals surface area contributed by atoms with Crippen molar-refractivity contribution < 1.29 is 13.6 Å². The monoisotopic (exact) mass is 320 g/mol. The van der Waals surface area contributed by atoms with Crippen LogP contribution in [0.5, 0.6) is 0 Å². The second-order valence-corrected chi connectivity index (χ2v) is 5.59. The molecule has 1 unspecified atom stereocenters. The van der Waals surface area contributed by atoms with Crippen molar-refractivity contribution in [3.8, 4) is 5.69 Å². The van der Waals surface area contributed by atoms with Gasteiger partial charge in [0.25, 0.3) is 5.91 Å². The number of hydrogen-bond acceptors (Lipinski definition) is 3. The summed E-state index contributed by atoms with van der Waals surface area (Å²) in [6.45, 7) is 1.27. The summed E-state index contributed by atoms with van der Waals surface area (Å²) in [5.74, 6) is -1.67. The fraction of sp³-hybridized carbons (Fsp3) is 0.375. The van der Waals surface area contributed by atoms with E-state index in [1.165, 1.54) is 18.3 Å². The van der Waals surface area contributed by atoms with Crippen molar-refractivity contribution in [2.75, 3.05) is 20.1 Å². The Morgan fingerprint density at radius 3 is 2.74 bits per heavy atom. The normalized spacial score (nSPS) is 18.2. The van der Waals surface area contributed by atoms with Crippen molar-refractivity contribution in [3.05, 3.63) is 47.8 Å². The first kappa shape index (κ1) is 15.6. The number of hydrogen-bond donors (Lipinski definition) is 1. The van der Waals surface area contributed by atoms with E-state index in [1.807, 2.05) is 7.05 Å². The van der Waals surface area contributed by atoms with Crippen LogP contribution in [0.2, 0.25) is 0 Å². The van der Waals surface area contributed by atoms with Gasteiger partial charge in [-0.3, -0.25) is 4.79 Å². The van der Waals surface area contributed by atoms with Crippen LogP contribution in [-0.2, 0) is 0 Å². The van der Waals surface area contributed by atoms with E-state index in [-0.39, 0.29) is 23.3 Å². The standard InChI is InChI=1S/C16H18F2N4O/c1-19-11-4-3-8-21(10-11)16(23)14-7-9-22(20-14)15-12(17)5-2-6-13(15)18/h2,5-7,9,11,19H,3-4,8,10H2,1H3. The second-order valence-electron chi connectivity index (χ2n) is 5.59. The third-order valence-electron chi connectivity index (χ3n) is 4.09. The second kappa shape index (κ2) is 6.45. The first-order valence-corrected chi connectivity index (χ1v) is 7.56. The van der Waals surface area contributed by atoms with Gasteiger partial charge in [0.1, 0.15) is 5.69 Å². The largest absolute Gasteiger partial charge is 0.336 e. The molecular formula is C16H18F2N4O. The molecule has 0 saturated carbocycles. The highest BCUT2D eigenvalue weighted by Gasteiger charge is 2.25. The third-order valence-corrected chi connectivity index (χ3v) is 4.09. The summed E-state index contributed by atoms with van der Waals surface area (Å²) >= 11 is 0. The van der Waals surface area contributed by atoms with E-state index in [4.69, 9.17) is 0 Å². The molecule has 1 fully saturated rings. The molecule has 5 nitrogen and oxygen atoms in total. The number of aromatic nitrogens is 2. The molecule has 0 spiro atoms. The van der Waals surface area contributed by atoms with E-state index in [1.54, 1.807) is 4.90 Å². The molecule has 122 valence electrons. The lowest BCUT2D eigenvalue weighted by atomic mass is 10.1. The molecule has 1 aliphatic heterocycles. The smallest absolute Gasteiger partial charge is 0.274 e. The fourth-order valence-electron chi connectivity index (χ4n) is 2.83. The number of amides is 1. The molecular weight excluding hydrogens is 302 g/mol. The number of nitrogens with one attached hydrogen (secondary N) is 1. The van der Waals surface area contributed by atoms with Crippen LogP contribution in [0.4, 0.5) is 8.78 Å². The Balaban J connectivity index is 1.83. The summed E-state index contributed by atoms with van der Waals surface area (Å²) in [4.78, 5) is 14.2. The van der Waals surface area contributed by atoms with Crippen LogP contribution in [-0.4, -0.2) is 46.8 Å². The minimum absolute atomic E-state index is 0.185. The van der Waals surface area contributed by atoms with Crippen molar-refractivity contribution in [2.45, 2.75) is 18.9 Å². The first-order valence-electron chi connectivity index (χ1n) is 7.56. The minimum atomic E-state index is -0.722. The van der Waals surface area contributed by atoms with Crippen LogP contribution in [0.1, 0.15) is 23.3 Å². The van der Waals surface area contributed by atoms with E-state index in [0.29, 0.717) is 13.1 Å². The quantitative estimate of drug-likeness (QED) is 0.941. The fourth-order valence-corrected chi connectivity index (χ4v) is 2.83. The van der Waals surface area contributed by atoms with Gasteiger partial charge < -0.3 is 10.2 Å². The average Bonchev–Trinajstić information content (AvgIpc) is 3.03. The lowest BCUT2D eigenvalue weighted by Gasteiger charge is -2.32. The van der Waals surface area contributed by atoms with Crippen molar-refractivity contribution in [2.24, 2.45) is 0 Å². The maximum Gasteiger partial charge on any atom is 0.274 e. The van der Waals surface area contributed by atoms with Crippen molar-refractivity contribution in [1.82, 2.24) is 20.0 Å². The zero-order chi connectivity index (χ0) is 16.4. The predicted octanol–water partition coefficient (Wildman–Crippen LogP) is 1.97. The molecule has 23 heavy (non-hydrogen) atoms. The number of carbonyl (C=O) groups excluding carboxylic acids is 1. The number of nitrogens with zero attached hydrogens (tertiary/aromatic N) is 3. The Hall–Kier alpha value is -2.28. The predicted molar refractivity (Wildman–Crippen MR) is 81.5 cm³/mol. The van der Waals surface area contributed by atoms with Gasteiger partial charge in [0, 0.05) is 25.3 Å². The van der Waals surface area contributed by atoms with Crippen LogP contribution in [0.15, 0.2) is 30.5 Å². The molecule has 1 aromatic carbocycles. The van der Waals surface area contributed by atoms with Gasteiger partial charge >= 0.3 is 0 Å². The van der Waals surface area contributed by atoms with Gasteiger partial charge in [-0.25, -0.2) is 13.5 Å². The SMILES string of the molecule is CNC1CCCN(C(=O)c2ccn(-c3c(F)cccc3F)n2)C1. The van der Waals surface area contributed by atoms with Crippen LogP contribution in [0, 0.1) is 11.6 Å². The van der Waals surface area contributed by atoms with Crippen molar-refractivity contribution in [1.29, 1.82) is 0 Å². The van der Waals surface area contributed by atoms with Crippen LogP contribution in [0.25, 0.3) is 5.69 Å². The highest BCUT2D eigenvalue weighted by Crippen LogP contribution is 2.18. The van der Waals surface area contributed by atoms with Gasteiger partial charge in [-0.1, -0.05) is 6.07 Å². The minimum Gasteiger partial charge on any atom is -0.336 e. The summed E-state index contributed by atoms with van der Waals surface area (Å²) < 4.78 is 28.7. The Morgan fingerprint density at radius 1 is 1.30 bits per heavy atom. The maximum atomic E-state index is 13.8. The van der Waals surface area contributed by atoms with Crippen molar-refractivity contribution >= 4 is 5.91 Å². The van der Waals surface area contributed by atoms with Crippen LogP contribution >= 0.6 is 0 Å². The van der Waals surface area contributed by atoms with E-state index in [9.17, 15) is 13.6 Å². The molecule has 1 N–H and O–H groups in total. The third kappa shape index (κ3) is 3.10. The van der Waals surface area contributed by atoms with Gasteiger partial charge in [0.05, 0.1) is 0 Å². The Labute approximate surface area is 132 Å². The molecule has 1 atom stereocenters. The summed E-state index contributed by atoms with van der Waals surface area (Å²) in [5.41, 5.74) is -0.0947. The molecule has 7 heteroatoms. The molecule has 3 rings (SSSR count). The molecule has 0 aliphatic carbocycles. The number of piperidine rings is 1. The zero-order valence-electron chi connectivity index (χ0n) is 12.8. The summed E-state index contributed by atoms with van der Waals surface area (Å²) in [7, 11) is 1.87. The summed E-state index contributed by atoms with van der Waals surface area (Å²) in [6, 6.07) is 5.35. The first-order chi connectivity index (χ1) is 11.1. The summed E-state index contributed by atoms with van der Waals surface area (Å²) in [5, 5.41) is 7.22. The molecule has 2 aromatic rings. The number of rotatable bonds is 3. The molecule has 0 bridgehead atoms. The highest BCUT2D eigenvalue weighted by atomic mass is 19.1. The van der Waals surface area contributed by atoms with Crippen LogP contribution in [0.3, 0.4) is 0 Å². The number of para-hydroxylation sites is 1. The molecule has 2 heterocycles. The van der Waals surface area contributed by atoms with Gasteiger partial charge in [0.15, 0.2) is 17.3 Å². The number of carbonyl (C=O) groups is 1. The molecule has 0 radical (unpaired) electrons. The molecule has 1 aromatic heterocycles. The van der Waals surface area contributed by atoms with E-state index in [2.05, 4.69) is 10.4 Å². The van der Waals surface area contributed by atoms with Crippen molar-refractivity contribution in [3.63, 3.8) is 0 Å². The van der Waals surface area contributed by atoms with Gasteiger partial charge in [-0.15, -0.1) is 0 Å². The summed E-state index contributed by atoms with van der Waals surface area (Å²) in [6.07, 6.45) is 3.34. The van der Waals surface area contributed by atoms with Gasteiger partial charge in [-0.2, -0.15) is 5.10 Å². The highest BCUT2D eigenvalue weighted by molar-refractivity contribution is 5.92.